The smallest absolute Gasteiger partial charge is 0.550 e. The van der Waals surface area contributed by atoms with Gasteiger partial charge in [-0.25, -0.2) is 0 Å². The van der Waals surface area contributed by atoms with Crippen LogP contribution in [0, 0.1) is 5.92 Å². The monoisotopic (exact) mass is 307 g/mol. The molecule has 0 aliphatic carbocycles. The first-order valence-corrected chi connectivity index (χ1v) is 8.07. The minimum Gasteiger partial charge on any atom is -0.550 e. The molecule has 5 heteroatoms. The van der Waals surface area contributed by atoms with Gasteiger partial charge in [-0.3, -0.25) is 4.79 Å². The number of rotatable bonds is 14. The summed E-state index contributed by atoms with van der Waals surface area (Å²) in [5.41, 5.74) is 5.02. The average molecular weight is 307 g/mol. The van der Waals surface area contributed by atoms with Gasteiger partial charge in [0.15, 0.2) is 0 Å². The van der Waals surface area contributed by atoms with Crippen LogP contribution in [0.15, 0.2) is 0 Å². The van der Waals surface area contributed by atoms with Crippen LogP contribution in [0.1, 0.15) is 84.0 Å². The molecule has 0 aliphatic rings. The van der Waals surface area contributed by atoms with Gasteiger partial charge in [-0.05, 0) is 6.42 Å². The van der Waals surface area contributed by atoms with Crippen LogP contribution >= 0.6 is 0 Å². The molecule has 0 saturated carbocycles. The molecule has 0 spiro atoms. The van der Waals surface area contributed by atoms with Crippen molar-refractivity contribution in [2.24, 2.45) is 11.7 Å². The number of hydrogen-bond donors (Lipinski definition) is 1. The van der Waals surface area contributed by atoms with Crippen molar-refractivity contribution in [2.45, 2.75) is 84.0 Å². The van der Waals surface area contributed by atoms with Crippen LogP contribution in [-0.4, -0.2) is 11.9 Å². The van der Waals surface area contributed by atoms with Crippen LogP contribution in [0.5, 0.6) is 0 Å². The maximum Gasteiger partial charge on any atom is 1.00 e. The fraction of sp³-hybridized carbons (Fsp3) is 0.875. The van der Waals surface area contributed by atoms with E-state index in [1.54, 1.807) is 0 Å². The van der Waals surface area contributed by atoms with Gasteiger partial charge in [-0.1, -0.05) is 71.1 Å². The Morgan fingerprint density at radius 3 is 1.71 bits per heavy atom. The minimum atomic E-state index is -1.15. The zero-order valence-corrected chi connectivity index (χ0v) is 15.9. The Morgan fingerprint density at radius 2 is 1.33 bits per heavy atom. The topological polar surface area (TPSA) is 83.2 Å². The SMILES string of the molecule is CCCCCCCCCCCCC(CC(N)=O)C(=O)[O-].[Na+]. The molecule has 0 aromatic heterocycles. The van der Waals surface area contributed by atoms with Crippen molar-refractivity contribution in [2.75, 3.05) is 0 Å². The zero-order valence-electron chi connectivity index (χ0n) is 13.9. The van der Waals surface area contributed by atoms with E-state index in [1.807, 2.05) is 0 Å². The molecule has 0 aliphatic heterocycles. The van der Waals surface area contributed by atoms with E-state index in [1.165, 1.54) is 44.9 Å². The van der Waals surface area contributed by atoms with E-state index < -0.39 is 17.8 Å². The van der Waals surface area contributed by atoms with E-state index in [9.17, 15) is 14.7 Å². The van der Waals surface area contributed by atoms with E-state index in [0.29, 0.717) is 6.42 Å². The van der Waals surface area contributed by atoms with Gasteiger partial charge in [0.2, 0.25) is 5.91 Å². The Hall–Kier alpha value is -0.0600. The number of primary amides is 1. The molecule has 118 valence electrons. The normalized spacial score (nSPS) is 11.7. The zero-order chi connectivity index (χ0) is 15.2. The Morgan fingerprint density at radius 1 is 0.905 bits per heavy atom. The van der Waals surface area contributed by atoms with Crippen LogP contribution < -0.4 is 40.4 Å². The summed E-state index contributed by atoms with van der Waals surface area (Å²) in [5.74, 6) is -2.42. The summed E-state index contributed by atoms with van der Waals surface area (Å²) >= 11 is 0. The molecule has 0 radical (unpaired) electrons. The summed E-state index contributed by atoms with van der Waals surface area (Å²) in [6.07, 6.45) is 12.5. The van der Waals surface area contributed by atoms with Crippen molar-refractivity contribution in [3.05, 3.63) is 0 Å². The van der Waals surface area contributed by atoms with Crippen LogP contribution in [0.2, 0.25) is 0 Å². The summed E-state index contributed by atoms with van der Waals surface area (Å²) in [6, 6.07) is 0. The van der Waals surface area contributed by atoms with Crippen LogP contribution in [0.4, 0.5) is 0 Å². The molecule has 1 unspecified atom stereocenters. The van der Waals surface area contributed by atoms with Gasteiger partial charge in [-0.2, -0.15) is 0 Å². The fourth-order valence-electron chi connectivity index (χ4n) is 2.42. The summed E-state index contributed by atoms with van der Waals surface area (Å²) in [4.78, 5) is 21.5. The first-order valence-electron chi connectivity index (χ1n) is 8.07. The minimum absolute atomic E-state index is 0. The van der Waals surface area contributed by atoms with Gasteiger partial charge >= 0.3 is 29.6 Å². The molecule has 0 bridgehead atoms. The third-order valence-electron chi connectivity index (χ3n) is 3.69. The Kier molecular flexibility index (Phi) is 18.0. The predicted molar refractivity (Wildman–Crippen MR) is 78.8 cm³/mol. The van der Waals surface area contributed by atoms with E-state index >= 15 is 0 Å². The predicted octanol–water partition coefficient (Wildman–Crippen LogP) is -0.457. The number of hydrogen-bond acceptors (Lipinski definition) is 3. The number of carboxylic acid groups (broad SMARTS) is 1. The van der Waals surface area contributed by atoms with Crippen molar-refractivity contribution in [1.82, 2.24) is 0 Å². The molecule has 0 aromatic carbocycles. The van der Waals surface area contributed by atoms with E-state index in [-0.39, 0.29) is 36.0 Å². The number of amides is 1. The van der Waals surface area contributed by atoms with Crippen molar-refractivity contribution in [3.63, 3.8) is 0 Å². The second-order valence-electron chi connectivity index (χ2n) is 5.66. The van der Waals surface area contributed by atoms with Gasteiger partial charge in [0.25, 0.3) is 0 Å². The number of carboxylic acids is 1. The van der Waals surface area contributed by atoms with E-state index in [0.717, 1.165) is 19.3 Å². The largest absolute Gasteiger partial charge is 1.00 e. The number of aliphatic carboxylic acids is 1. The van der Waals surface area contributed by atoms with Crippen molar-refractivity contribution >= 4 is 11.9 Å². The van der Waals surface area contributed by atoms with Gasteiger partial charge < -0.3 is 15.6 Å². The third kappa shape index (κ3) is 16.1. The Balaban J connectivity index is 0. The molecular weight excluding hydrogens is 277 g/mol. The standard InChI is InChI=1S/C16H31NO3.Na/c1-2-3-4-5-6-7-8-9-10-11-12-14(16(19)20)13-15(17)18;/h14H,2-13H2,1H3,(H2,17,18)(H,19,20);/q;+1/p-1. The first-order chi connectivity index (χ1) is 9.57. The van der Waals surface area contributed by atoms with Gasteiger partial charge in [0.1, 0.15) is 0 Å². The quantitative estimate of drug-likeness (QED) is 0.348. The third-order valence-corrected chi connectivity index (χ3v) is 3.69. The summed E-state index contributed by atoms with van der Waals surface area (Å²) < 4.78 is 0. The Bertz CT molecular complexity index is 272. The first kappa shape index (κ1) is 23.2. The molecule has 1 amide bonds. The second kappa shape index (κ2) is 16.3. The van der Waals surface area contributed by atoms with Crippen molar-refractivity contribution in [1.29, 1.82) is 0 Å². The van der Waals surface area contributed by atoms with E-state index in [4.69, 9.17) is 5.73 Å². The van der Waals surface area contributed by atoms with Crippen LogP contribution in [0.25, 0.3) is 0 Å². The fourth-order valence-corrected chi connectivity index (χ4v) is 2.42. The molecule has 1 atom stereocenters. The van der Waals surface area contributed by atoms with E-state index in [2.05, 4.69) is 6.92 Å². The number of unbranched alkanes of at least 4 members (excludes halogenated alkanes) is 9. The van der Waals surface area contributed by atoms with Gasteiger partial charge in [0, 0.05) is 18.3 Å². The maximum atomic E-state index is 10.8. The number of nitrogens with two attached hydrogens (primary N) is 1. The molecule has 4 nitrogen and oxygen atoms in total. The average Bonchev–Trinajstić information content (AvgIpc) is 2.39. The molecule has 0 rings (SSSR count). The summed E-state index contributed by atoms with van der Waals surface area (Å²) in [7, 11) is 0. The molecule has 0 heterocycles. The van der Waals surface area contributed by atoms with Crippen LogP contribution in [0.3, 0.4) is 0 Å². The molecule has 0 aromatic rings. The Labute approximate surface area is 151 Å². The number of carbonyl (C=O) groups excluding carboxylic acids is 2. The molecule has 2 N–H and O–H groups in total. The molecule has 0 saturated heterocycles. The molecule has 21 heavy (non-hydrogen) atoms. The van der Waals surface area contributed by atoms with Gasteiger partial charge in [-0.15, -0.1) is 0 Å². The van der Waals surface area contributed by atoms with Crippen molar-refractivity contribution in [3.8, 4) is 0 Å². The maximum absolute atomic E-state index is 10.8. The second-order valence-corrected chi connectivity index (χ2v) is 5.66. The summed E-state index contributed by atoms with van der Waals surface area (Å²) in [6.45, 7) is 2.22. The molecule has 0 fully saturated rings. The van der Waals surface area contributed by atoms with Gasteiger partial charge in [0.05, 0.1) is 0 Å². The van der Waals surface area contributed by atoms with Crippen LogP contribution in [-0.2, 0) is 9.59 Å². The number of carbonyl (C=O) groups is 2. The van der Waals surface area contributed by atoms with Crippen molar-refractivity contribution < 1.29 is 44.3 Å². The molecular formula is C16H30NNaO3. The summed E-state index contributed by atoms with van der Waals surface area (Å²) in [5, 5.41) is 10.8.